The second-order valence-corrected chi connectivity index (χ2v) is 5.24. The molecule has 0 spiro atoms. The summed E-state index contributed by atoms with van der Waals surface area (Å²) in [6.07, 6.45) is 1.98. The number of nitrogens with one attached hydrogen (secondary N) is 2. The average Bonchev–Trinajstić information content (AvgIpc) is 2.55. The van der Waals surface area contributed by atoms with Crippen LogP contribution in [0.25, 0.3) is 0 Å². The van der Waals surface area contributed by atoms with E-state index >= 15 is 0 Å². The van der Waals surface area contributed by atoms with Gasteiger partial charge in [0.25, 0.3) is 0 Å². The molecule has 0 saturated carbocycles. The van der Waals surface area contributed by atoms with Crippen LogP contribution in [0.15, 0.2) is 58.6 Å². The van der Waals surface area contributed by atoms with Crippen LogP contribution in [0.3, 0.4) is 0 Å². The van der Waals surface area contributed by atoms with Gasteiger partial charge in [0.15, 0.2) is 5.84 Å². The minimum absolute atomic E-state index is 0.239. The first-order valence-electron chi connectivity index (χ1n) is 6.39. The number of carbonyl (C=O) groups excluding carboxylic acids is 1. The van der Waals surface area contributed by atoms with Crippen LogP contribution >= 0.6 is 11.8 Å². The molecular weight excluding hydrogens is 303 g/mol. The summed E-state index contributed by atoms with van der Waals surface area (Å²) >= 11 is 1.62. The first-order valence-corrected chi connectivity index (χ1v) is 7.62. The van der Waals surface area contributed by atoms with Crippen molar-refractivity contribution in [2.45, 2.75) is 4.90 Å². The fourth-order valence-electron chi connectivity index (χ4n) is 1.77. The van der Waals surface area contributed by atoms with Crippen LogP contribution in [0.4, 0.5) is 20.7 Å². The second kappa shape index (κ2) is 7.46. The van der Waals surface area contributed by atoms with Gasteiger partial charge in [-0.3, -0.25) is 0 Å². The molecule has 5 nitrogen and oxygen atoms in total. The molecule has 0 aromatic heterocycles. The molecule has 0 fully saturated rings. The maximum absolute atomic E-state index is 12.2. The van der Waals surface area contributed by atoms with E-state index in [0.29, 0.717) is 16.9 Å². The fraction of sp³-hybridized carbons (Fsp3) is 0.0667. The molecule has 0 radical (unpaired) electrons. The minimum atomic E-state index is -0.398. The van der Waals surface area contributed by atoms with Gasteiger partial charge in [0.05, 0.1) is 0 Å². The summed E-state index contributed by atoms with van der Waals surface area (Å²) in [5, 5.41) is 7.79. The van der Waals surface area contributed by atoms with Crippen molar-refractivity contribution in [3.63, 3.8) is 0 Å². The van der Waals surface area contributed by atoms with Gasteiger partial charge in [-0.25, -0.2) is 4.79 Å². The molecule has 0 aliphatic heterocycles. The van der Waals surface area contributed by atoms with Crippen molar-refractivity contribution in [2.75, 3.05) is 16.9 Å². The summed E-state index contributed by atoms with van der Waals surface area (Å²) < 4.78 is 12.2. The zero-order valence-corrected chi connectivity index (χ0v) is 12.7. The van der Waals surface area contributed by atoms with E-state index in [4.69, 9.17) is 5.73 Å². The van der Waals surface area contributed by atoms with Gasteiger partial charge in [0, 0.05) is 21.8 Å². The molecular formula is C15H15FN4OS. The lowest BCUT2D eigenvalue weighted by molar-refractivity contribution is 0.262. The lowest BCUT2D eigenvalue weighted by Crippen LogP contribution is -2.20. The monoisotopic (exact) mass is 318 g/mol. The molecule has 0 aliphatic carbocycles. The van der Waals surface area contributed by atoms with E-state index in [1.165, 1.54) is 6.07 Å². The van der Waals surface area contributed by atoms with Crippen molar-refractivity contribution >= 4 is 35.0 Å². The van der Waals surface area contributed by atoms with Crippen molar-refractivity contribution in [1.82, 2.24) is 0 Å². The van der Waals surface area contributed by atoms with Gasteiger partial charge in [-0.15, -0.1) is 11.8 Å². The Balaban J connectivity index is 2.02. The zero-order chi connectivity index (χ0) is 15.9. The molecule has 114 valence electrons. The number of thioether (sulfide) groups is 1. The Morgan fingerprint density at radius 3 is 2.45 bits per heavy atom. The van der Waals surface area contributed by atoms with Crippen LogP contribution < -0.4 is 16.4 Å². The Bertz CT molecular complexity index is 688. The Morgan fingerprint density at radius 2 is 1.82 bits per heavy atom. The van der Waals surface area contributed by atoms with Gasteiger partial charge >= 0.3 is 6.03 Å². The maximum atomic E-state index is 12.2. The fourth-order valence-corrected chi connectivity index (χ4v) is 2.18. The molecule has 2 amide bonds. The summed E-state index contributed by atoms with van der Waals surface area (Å²) in [5.41, 5.74) is 6.95. The van der Waals surface area contributed by atoms with Crippen molar-refractivity contribution in [1.29, 1.82) is 0 Å². The summed E-state index contributed by atoms with van der Waals surface area (Å²) in [6, 6.07) is 13.5. The molecule has 0 saturated heterocycles. The molecule has 0 bridgehead atoms. The number of amidine groups is 1. The zero-order valence-electron chi connectivity index (χ0n) is 11.8. The van der Waals surface area contributed by atoms with Crippen molar-refractivity contribution in [2.24, 2.45) is 10.9 Å². The SMILES string of the molecule is CSc1ccc(NC(=O)Nc2cccc(/C(N)=N/F)c2)cc1. The van der Waals surface area contributed by atoms with Crippen LogP contribution in [-0.4, -0.2) is 18.1 Å². The van der Waals surface area contributed by atoms with Gasteiger partial charge in [0.2, 0.25) is 0 Å². The number of amides is 2. The van der Waals surface area contributed by atoms with Crippen molar-refractivity contribution in [3.8, 4) is 0 Å². The Hall–Kier alpha value is -2.54. The van der Waals surface area contributed by atoms with Crippen LogP contribution in [0.1, 0.15) is 5.56 Å². The van der Waals surface area contributed by atoms with Crippen LogP contribution in [-0.2, 0) is 0 Å². The first kappa shape index (κ1) is 15.8. The Morgan fingerprint density at radius 1 is 1.14 bits per heavy atom. The number of halogens is 1. The quantitative estimate of drug-likeness (QED) is 0.457. The predicted octanol–water partition coefficient (Wildman–Crippen LogP) is 3.64. The third kappa shape index (κ3) is 4.23. The predicted molar refractivity (Wildman–Crippen MR) is 89.1 cm³/mol. The van der Waals surface area contributed by atoms with Crippen molar-refractivity contribution < 1.29 is 9.28 Å². The maximum Gasteiger partial charge on any atom is 0.323 e. The molecule has 7 heteroatoms. The normalized spacial score (nSPS) is 11.1. The van der Waals surface area contributed by atoms with Crippen molar-refractivity contribution in [3.05, 3.63) is 54.1 Å². The summed E-state index contributed by atoms with van der Waals surface area (Å²) in [5.74, 6) is -0.239. The number of benzene rings is 2. The highest BCUT2D eigenvalue weighted by molar-refractivity contribution is 7.98. The van der Waals surface area contributed by atoms with Crippen LogP contribution in [0, 0.1) is 0 Å². The topological polar surface area (TPSA) is 79.5 Å². The number of anilines is 2. The molecule has 0 atom stereocenters. The minimum Gasteiger partial charge on any atom is -0.381 e. The molecule has 2 rings (SSSR count). The Kier molecular flexibility index (Phi) is 5.37. The van der Waals surface area contributed by atoms with E-state index in [9.17, 15) is 9.28 Å². The average molecular weight is 318 g/mol. The van der Waals surface area contributed by atoms with Crippen LogP contribution in [0.2, 0.25) is 0 Å². The summed E-state index contributed by atoms with van der Waals surface area (Å²) in [4.78, 5) is 13.0. The number of nitrogens with zero attached hydrogens (tertiary/aromatic N) is 1. The number of carbonyl (C=O) groups is 1. The molecule has 0 aliphatic rings. The first-order chi connectivity index (χ1) is 10.6. The summed E-state index contributed by atoms with van der Waals surface area (Å²) in [7, 11) is 0. The smallest absolute Gasteiger partial charge is 0.323 e. The van der Waals surface area contributed by atoms with E-state index in [2.05, 4.69) is 15.8 Å². The highest BCUT2D eigenvalue weighted by atomic mass is 32.2. The van der Waals surface area contributed by atoms with Gasteiger partial charge in [-0.2, -0.15) is 0 Å². The van der Waals surface area contributed by atoms with E-state index in [-0.39, 0.29) is 5.84 Å². The number of nitrogens with two attached hydrogens (primary N) is 1. The lowest BCUT2D eigenvalue weighted by Gasteiger charge is -2.09. The van der Waals surface area contributed by atoms with E-state index in [1.807, 2.05) is 30.5 Å². The van der Waals surface area contributed by atoms with Crippen LogP contribution in [0.5, 0.6) is 0 Å². The molecule has 22 heavy (non-hydrogen) atoms. The third-order valence-electron chi connectivity index (χ3n) is 2.86. The third-order valence-corrected chi connectivity index (χ3v) is 3.60. The molecule has 0 unspecified atom stereocenters. The number of hydrogen-bond donors (Lipinski definition) is 3. The highest BCUT2D eigenvalue weighted by Gasteiger charge is 2.05. The van der Waals surface area contributed by atoms with E-state index < -0.39 is 6.03 Å². The molecule has 2 aromatic rings. The lowest BCUT2D eigenvalue weighted by atomic mass is 10.2. The second-order valence-electron chi connectivity index (χ2n) is 4.36. The van der Waals surface area contributed by atoms with Gasteiger partial charge < -0.3 is 16.4 Å². The standard InChI is InChI=1S/C15H15FN4OS/c1-22-13-7-5-11(6-8-13)18-15(21)19-12-4-2-3-10(9-12)14(17)20-16/h2-9H,1H3,(H2,17,20)(H2,18,19,21). The number of rotatable bonds is 4. The molecule has 2 aromatic carbocycles. The molecule has 4 N–H and O–H groups in total. The number of urea groups is 1. The van der Waals surface area contributed by atoms with E-state index in [0.717, 1.165) is 4.90 Å². The summed E-state index contributed by atoms with van der Waals surface area (Å²) in [6.45, 7) is 0. The number of hydrogen-bond acceptors (Lipinski definition) is 3. The largest absolute Gasteiger partial charge is 0.381 e. The van der Waals surface area contributed by atoms with Gasteiger partial charge in [-0.1, -0.05) is 21.8 Å². The Labute approximate surface area is 131 Å². The molecule has 0 heterocycles. The van der Waals surface area contributed by atoms with E-state index in [1.54, 1.807) is 30.0 Å². The van der Waals surface area contributed by atoms with Gasteiger partial charge in [0.1, 0.15) is 0 Å². The van der Waals surface area contributed by atoms with Gasteiger partial charge in [-0.05, 0) is 42.7 Å². The highest BCUT2D eigenvalue weighted by Crippen LogP contribution is 2.18.